The van der Waals surface area contributed by atoms with Crippen LogP contribution in [0.3, 0.4) is 0 Å². The molecule has 3 heteroatoms. The summed E-state index contributed by atoms with van der Waals surface area (Å²) in [5.74, 6) is 0. The van der Waals surface area contributed by atoms with Crippen LogP contribution in [0.2, 0.25) is 0 Å². The molecule has 0 radical (unpaired) electrons. The van der Waals surface area contributed by atoms with Gasteiger partial charge in [-0.2, -0.15) is 0 Å². The van der Waals surface area contributed by atoms with Gasteiger partial charge in [0.05, 0.1) is 0 Å². The minimum atomic E-state index is 0.0370. The van der Waals surface area contributed by atoms with E-state index in [0.717, 1.165) is 18.5 Å². The Kier molecular flexibility index (Phi) is 4.24. The number of benzene rings is 1. The molecule has 1 aromatic rings. The molecule has 1 aliphatic carbocycles. The number of hydrogen-bond acceptors (Lipinski definition) is 1. The number of nitrogens with one attached hydrogen (secondary N) is 1. The molecule has 0 saturated heterocycles. The van der Waals surface area contributed by atoms with E-state index in [0.29, 0.717) is 12.6 Å². The van der Waals surface area contributed by atoms with Crippen molar-refractivity contribution in [1.82, 2.24) is 5.32 Å². The number of carbonyl (C=O) groups is 1. The van der Waals surface area contributed by atoms with Gasteiger partial charge in [0.1, 0.15) is 0 Å². The zero-order valence-corrected chi connectivity index (χ0v) is 11.3. The number of anilines is 1. The van der Waals surface area contributed by atoms with Gasteiger partial charge in [0.15, 0.2) is 0 Å². The number of aryl methyl sites for hydroxylation is 1. The van der Waals surface area contributed by atoms with E-state index < -0.39 is 0 Å². The van der Waals surface area contributed by atoms with Crippen molar-refractivity contribution in [3.8, 4) is 0 Å². The van der Waals surface area contributed by atoms with E-state index in [-0.39, 0.29) is 6.03 Å². The van der Waals surface area contributed by atoms with Gasteiger partial charge in [-0.25, -0.2) is 4.79 Å². The Bertz CT molecular complexity index is 411. The summed E-state index contributed by atoms with van der Waals surface area (Å²) in [5, 5.41) is 3.13. The lowest BCUT2D eigenvalue weighted by Crippen LogP contribution is -2.44. The highest BCUT2D eigenvalue weighted by Gasteiger charge is 2.20. The van der Waals surface area contributed by atoms with Crippen LogP contribution in [-0.4, -0.2) is 18.6 Å². The standard InChI is InChI=1S/C15H22N2O/c1-3-17(14-10-6-7-12(2)11-14)15(18)16-13-8-4-5-9-13/h6-7,10-11,13H,3-5,8-9H2,1-2H3,(H,16,18). The van der Waals surface area contributed by atoms with Crippen LogP contribution in [0.1, 0.15) is 38.2 Å². The topological polar surface area (TPSA) is 32.3 Å². The first kappa shape index (κ1) is 12.9. The van der Waals surface area contributed by atoms with Gasteiger partial charge >= 0.3 is 6.03 Å². The molecule has 2 amide bonds. The Morgan fingerprint density at radius 1 is 1.39 bits per heavy atom. The number of rotatable bonds is 3. The summed E-state index contributed by atoms with van der Waals surface area (Å²) in [6, 6.07) is 8.50. The van der Waals surface area contributed by atoms with Gasteiger partial charge in [-0.15, -0.1) is 0 Å². The summed E-state index contributed by atoms with van der Waals surface area (Å²) < 4.78 is 0. The van der Waals surface area contributed by atoms with Gasteiger partial charge in [0.2, 0.25) is 0 Å². The number of nitrogens with zero attached hydrogens (tertiary/aromatic N) is 1. The molecule has 0 unspecified atom stereocenters. The first-order chi connectivity index (χ1) is 8.70. The summed E-state index contributed by atoms with van der Waals surface area (Å²) in [6.07, 6.45) is 4.72. The van der Waals surface area contributed by atoms with Crippen LogP contribution in [0.5, 0.6) is 0 Å². The van der Waals surface area contributed by atoms with Crippen molar-refractivity contribution >= 4 is 11.7 Å². The van der Waals surface area contributed by atoms with Crippen LogP contribution in [0, 0.1) is 6.92 Å². The van der Waals surface area contributed by atoms with E-state index in [9.17, 15) is 4.79 Å². The summed E-state index contributed by atoms with van der Waals surface area (Å²) >= 11 is 0. The second-order valence-electron chi connectivity index (χ2n) is 5.01. The average molecular weight is 246 g/mol. The Labute approximate surface area is 109 Å². The fourth-order valence-corrected chi connectivity index (χ4v) is 2.56. The lowest BCUT2D eigenvalue weighted by molar-refractivity contribution is 0.243. The maximum absolute atomic E-state index is 12.3. The van der Waals surface area contributed by atoms with Crippen molar-refractivity contribution in [1.29, 1.82) is 0 Å². The lowest BCUT2D eigenvalue weighted by Gasteiger charge is -2.24. The molecule has 1 aromatic carbocycles. The van der Waals surface area contributed by atoms with Crippen molar-refractivity contribution in [2.75, 3.05) is 11.4 Å². The zero-order valence-electron chi connectivity index (χ0n) is 11.3. The van der Waals surface area contributed by atoms with E-state index in [1.54, 1.807) is 0 Å². The molecule has 1 aliphatic rings. The number of hydrogen-bond donors (Lipinski definition) is 1. The van der Waals surface area contributed by atoms with E-state index in [1.165, 1.54) is 18.4 Å². The van der Waals surface area contributed by atoms with Crippen LogP contribution >= 0.6 is 0 Å². The van der Waals surface area contributed by atoms with Gasteiger partial charge in [-0.05, 0) is 44.4 Å². The molecular weight excluding hydrogens is 224 g/mol. The van der Waals surface area contributed by atoms with Crippen molar-refractivity contribution < 1.29 is 4.79 Å². The van der Waals surface area contributed by atoms with Crippen molar-refractivity contribution in [2.24, 2.45) is 0 Å². The number of amides is 2. The highest BCUT2D eigenvalue weighted by molar-refractivity contribution is 5.92. The molecular formula is C15H22N2O. The first-order valence-corrected chi connectivity index (χ1v) is 6.85. The van der Waals surface area contributed by atoms with Crippen molar-refractivity contribution in [3.63, 3.8) is 0 Å². The summed E-state index contributed by atoms with van der Waals surface area (Å²) in [4.78, 5) is 14.1. The highest BCUT2D eigenvalue weighted by Crippen LogP contribution is 2.20. The summed E-state index contributed by atoms with van der Waals surface area (Å²) in [5.41, 5.74) is 2.16. The number of urea groups is 1. The average Bonchev–Trinajstić information content (AvgIpc) is 2.83. The molecule has 0 spiro atoms. The number of carbonyl (C=O) groups excluding carboxylic acids is 1. The third-order valence-corrected chi connectivity index (χ3v) is 3.56. The molecule has 0 heterocycles. The molecule has 0 aliphatic heterocycles. The normalized spacial score (nSPS) is 15.7. The Balaban J connectivity index is 2.05. The molecule has 0 bridgehead atoms. The quantitative estimate of drug-likeness (QED) is 0.870. The van der Waals surface area contributed by atoms with Crippen LogP contribution < -0.4 is 10.2 Å². The molecule has 1 fully saturated rings. The SMILES string of the molecule is CCN(C(=O)NC1CCCC1)c1cccc(C)c1. The van der Waals surface area contributed by atoms with E-state index in [1.807, 2.05) is 36.9 Å². The first-order valence-electron chi connectivity index (χ1n) is 6.85. The predicted octanol–water partition coefficient (Wildman–Crippen LogP) is 3.47. The summed E-state index contributed by atoms with van der Waals surface area (Å²) in [6.45, 7) is 4.75. The van der Waals surface area contributed by atoms with E-state index in [4.69, 9.17) is 0 Å². The van der Waals surface area contributed by atoms with Crippen molar-refractivity contribution in [2.45, 2.75) is 45.6 Å². The van der Waals surface area contributed by atoms with Gasteiger partial charge < -0.3 is 5.32 Å². The Morgan fingerprint density at radius 3 is 2.72 bits per heavy atom. The molecule has 0 atom stereocenters. The van der Waals surface area contributed by atoms with Gasteiger partial charge in [-0.1, -0.05) is 25.0 Å². The maximum atomic E-state index is 12.3. The second-order valence-corrected chi connectivity index (χ2v) is 5.01. The van der Waals surface area contributed by atoms with E-state index in [2.05, 4.69) is 11.4 Å². The minimum absolute atomic E-state index is 0.0370. The molecule has 2 rings (SSSR count). The minimum Gasteiger partial charge on any atom is -0.335 e. The third-order valence-electron chi connectivity index (χ3n) is 3.56. The van der Waals surface area contributed by atoms with Crippen LogP contribution in [0.4, 0.5) is 10.5 Å². The molecule has 98 valence electrons. The van der Waals surface area contributed by atoms with Gasteiger partial charge in [0, 0.05) is 18.3 Å². The van der Waals surface area contributed by atoms with E-state index >= 15 is 0 Å². The molecule has 1 saturated carbocycles. The predicted molar refractivity (Wildman–Crippen MR) is 75.0 cm³/mol. The highest BCUT2D eigenvalue weighted by atomic mass is 16.2. The lowest BCUT2D eigenvalue weighted by atomic mass is 10.2. The fraction of sp³-hybridized carbons (Fsp3) is 0.533. The third kappa shape index (κ3) is 3.03. The monoisotopic (exact) mass is 246 g/mol. The molecule has 3 nitrogen and oxygen atoms in total. The zero-order chi connectivity index (χ0) is 13.0. The van der Waals surface area contributed by atoms with Crippen LogP contribution in [0.25, 0.3) is 0 Å². The second kappa shape index (κ2) is 5.89. The van der Waals surface area contributed by atoms with Crippen LogP contribution in [-0.2, 0) is 0 Å². The maximum Gasteiger partial charge on any atom is 0.322 e. The molecule has 18 heavy (non-hydrogen) atoms. The Hall–Kier alpha value is -1.51. The summed E-state index contributed by atoms with van der Waals surface area (Å²) in [7, 11) is 0. The van der Waals surface area contributed by atoms with Crippen LogP contribution in [0.15, 0.2) is 24.3 Å². The van der Waals surface area contributed by atoms with Gasteiger partial charge in [-0.3, -0.25) is 4.90 Å². The van der Waals surface area contributed by atoms with Crippen molar-refractivity contribution in [3.05, 3.63) is 29.8 Å². The fourth-order valence-electron chi connectivity index (χ4n) is 2.56. The largest absolute Gasteiger partial charge is 0.335 e. The smallest absolute Gasteiger partial charge is 0.322 e. The van der Waals surface area contributed by atoms with Gasteiger partial charge in [0.25, 0.3) is 0 Å². The molecule has 1 N–H and O–H groups in total. The Morgan fingerprint density at radius 2 is 2.11 bits per heavy atom. The molecule has 0 aromatic heterocycles.